The van der Waals surface area contributed by atoms with E-state index in [4.69, 9.17) is 23.8 Å². The predicted molar refractivity (Wildman–Crippen MR) is 227 cm³/mol. The topological polar surface area (TPSA) is 65.0 Å². The van der Waals surface area contributed by atoms with Crippen LogP contribution in [0.1, 0.15) is 0 Å². The number of hydrogen-bond acceptors (Lipinski definition) is 5. The molecule has 0 saturated carbocycles. The average molecular weight is 718 g/mol. The third-order valence-electron chi connectivity index (χ3n) is 10.6. The van der Waals surface area contributed by atoms with Gasteiger partial charge in [-0.15, -0.1) is 0 Å². The quantitative estimate of drug-likeness (QED) is 0.171. The monoisotopic (exact) mass is 717 g/mol. The van der Waals surface area contributed by atoms with E-state index in [1.807, 2.05) is 60.7 Å². The largest absolute Gasteiger partial charge is 0.455 e. The molecule has 0 fully saturated rings. The summed E-state index contributed by atoms with van der Waals surface area (Å²) in [6.45, 7) is 0. The van der Waals surface area contributed by atoms with Gasteiger partial charge in [-0.25, -0.2) is 15.0 Å². The zero-order valence-corrected chi connectivity index (χ0v) is 30.1. The molecule has 0 N–H and O–H groups in total. The Morgan fingerprint density at radius 2 is 0.804 bits per heavy atom. The van der Waals surface area contributed by atoms with E-state index in [2.05, 4.69) is 127 Å². The minimum atomic E-state index is 0.550. The fourth-order valence-electron chi connectivity index (χ4n) is 7.84. The Hall–Kier alpha value is -7.63. The van der Waals surface area contributed by atoms with E-state index in [-0.39, 0.29) is 0 Å². The van der Waals surface area contributed by atoms with Gasteiger partial charge in [-0.1, -0.05) is 158 Å². The van der Waals surface area contributed by atoms with Gasteiger partial charge in [0.1, 0.15) is 22.3 Å². The normalized spacial score (nSPS) is 11.6. The van der Waals surface area contributed by atoms with Crippen molar-refractivity contribution in [1.82, 2.24) is 15.0 Å². The van der Waals surface area contributed by atoms with E-state index in [0.29, 0.717) is 17.5 Å². The Kier molecular flexibility index (Phi) is 7.42. The number of furan rings is 2. The minimum absolute atomic E-state index is 0.550. The molecular formula is C51H31N3O2. The van der Waals surface area contributed by atoms with Crippen LogP contribution in [0.25, 0.3) is 111 Å². The molecule has 56 heavy (non-hydrogen) atoms. The Balaban J connectivity index is 1.06. The van der Waals surface area contributed by atoms with Gasteiger partial charge in [-0.05, 0) is 58.1 Å². The SMILES string of the molecule is c1ccc(-c2ccc(-c3nc(-c4ccccc4)nc(-c4cccc5c4oc4ccc(-c6ccc(-c7ccccc7)c7oc8ccccc8c67)cc45)n3)cc2)cc1. The highest BCUT2D eigenvalue weighted by Crippen LogP contribution is 2.44. The van der Waals surface area contributed by atoms with Crippen molar-refractivity contribution < 1.29 is 8.83 Å². The summed E-state index contributed by atoms with van der Waals surface area (Å²) in [6.07, 6.45) is 0. The van der Waals surface area contributed by atoms with E-state index in [9.17, 15) is 0 Å². The molecule has 0 spiro atoms. The second kappa shape index (κ2) is 13.0. The molecule has 0 aliphatic carbocycles. The second-order valence-electron chi connectivity index (χ2n) is 13.9. The number of benzene rings is 8. The maximum atomic E-state index is 6.69. The van der Waals surface area contributed by atoms with Crippen molar-refractivity contribution in [1.29, 1.82) is 0 Å². The van der Waals surface area contributed by atoms with Crippen molar-refractivity contribution in [2.75, 3.05) is 0 Å². The van der Waals surface area contributed by atoms with Crippen LogP contribution in [0.3, 0.4) is 0 Å². The Labute approximate surface area is 322 Å². The fraction of sp³-hybridized carbons (Fsp3) is 0. The minimum Gasteiger partial charge on any atom is -0.455 e. The summed E-state index contributed by atoms with van der Waals surface area (Å²) in [5.74, 6) is 1.75. The van der Waals surface area contributed by atoms with Crippen LogP contribution in [0.5, 0.6) is 0 Å². The first-order chi connectivity index (χ1) is 27.7. The van der Waals surface area contributed by atoms with Gasteiger partial charge in [0, 0.05) is 38.2 Å². The molecule has 262 valence electrons. The second-order valence-corrected chi connectivity index (χ2v) is 13.9. The van der Waals surface area contributed by atoms with Crippen molar-refractivity contribution in [2.45, 2.75) is 0 Å². The van der Waals surface area contributed by atoms with Crippen molar-refractivity contribution >= 4 is 43.9 Å². The van der Waals surface area contributed by atoms with Gasteiger partial charge < -0.3 is 8.83 Å². The maximum absolute atomic E-state index is 6.69. The van der Waals surface area contributed by atoms with Crippen LogP contribution in [0.4, 0.5) is 0 Å². The summed E-state index contributed by atoms with van der Waals surface area (Å²) in [4.78, 5) is 15.1. The van der Waals surface area contributed by atoms with Gasteiger partial charge >= 0.3 is 0 Å². The van der Waals surface area contributed by atoms with Crippen LogP contribution in [-0.2, 0) is 0 Å². The van der Waals surface area contributed by atoms with Crippen LogP contribution in [0, 0.1) is 0 Å². The van der Waals surface area contributed by atoms with E-state index >= 15 is 0 Å². The standard InChI is InChI=1S/C51H31N3O2/c1-4-13-32(14-5-1)33-23-25-36(26-24-33)50-52-49(35-17-8-3-9-18-35)53-51(54-50)42-21-12-20-40-43-31-37(27-30-45(43)55-47(40)42)38-28-29-39(34-15-6-2-7-16-34)48-46(38)41-19-10-11-22-44(41)56-48/h1-31H. The molecule has 0 unspecified atom stereocenters. The van der Waals surface area contributed by atoms with Crippen LogP contribution in [0.2, 0.25) is 0 Å². The lowest BCUT2D eigenvalue weighted by Gasteiger charge is -2.09. The van der Waals surface area contributed by atoms with Crippen LogP contribution in [0.15, 0.2) is 197 Å². The van der Waals surface area contributed by atoms with Crippen molar-refractivity contribution in [3.05, 3.63) is 188 Å². The number of hydrogen-bond donors (Lipinski definition) is 0. The predicted octanol–water partition coefficient (Wildman–Crippen LogP) is 13.7. The highest BCUT2D eigenvalue weighted by atomic mass is 16.3. The molecular weight excluding hydrogens is 687 g/mol. The maximum Gasteiger partial charge on any atom is 0.167 e. The molecule has 11 aromatic rings. The number of rotatable bonds is 6. The fourth-order valence-corrected chi connectivity index (χ4v) is 7.84. The van der Waals surface area contributed by atoms with E-state index < -0.39 is 0 Å². The van der Waals surface area contributed by atoms with Gasteiger partial charge in [-0.3, -0.25) is 0 Å². The van der Waals surface area contributed by atoms with Crippen LogP contribution in [-0.4, -0.2) is 15.0 Å². The van der Waals surface area contributed by atoms with Gasteiger partial charge in [0.25, 0.3) is 0 Å². The highest BCUT2D eigenvalue weighted by molar-refractivity contribution is 6.17. The molecule has 0 atom stereocenters. The molecule has 0 saturated heterocycles. The van der Waals surface area contributed by atoms with Crippen molar-refractivity contribution in [3.8, 4) is 67.5 Å². The van der Waals surface area contributed by atoms with E-state index in [0.717, 1.165) is 93.9 Å². The van der Waals surface area contributed by atoms with Crippen molar-refractivity contribution in [2.24, 2.45) is 0 Å². The average Bonchev–Trinajstić information content (AvgIpc) is 3.86. The summed E-state index contributed by atoms with van der Waals surface area (Å²) in [6, 6.07) is 64.5. The van der Waals surface area contributed by atoms with E-state index in [1.54, 1.807) is 0 Å². The lowest BCUT2D eigenvalue weighted by molar-refractivity contribution is 0.669. The first kappa shape index (κ1) is 31.9. The van der Waals surface area contributed by atoms with Gasteiger partial charge in [0.05, 0.1) is 5.56 Å². The Bertz CT molecular complexity index is 3220. The first-order valence-electron chi connectivity index (χ1n) is 18.7. The molecule has 0 amide bonds. The summed E-state index contributed by atoms with van der Waals surface area (Å²) in [5, 5.41) is 4.19. The molecule has 3 aromatic heterocycles. The zero-order chi connectivity index (χ0) is 37.0. The van der Waals surface area contributed by atoms with Crippen LogP contribution >= 0.6 is 0 Å². The molecule has 11 rings (SSSR count). The lowest BCUT2D eigenvalue weighted by Crippen LogP contribution is -2.00. The number of aromatic nitrogens is 3. The third kappa shape index (κ3) is 5.37. The summed E-state index contributed by atoms with van der Waals surface area (Å²) in [7, 11) is 0. The summed E-state index contributed by atoms with van der Waals surface area (Å²) < 4.78 is 13.3. The lowest BCUT2D eigenvalue weighted by atomic mass is 9.94. The molecule has 3 heterocycles. The smallest absolute Gasteiger partial charge is 0.167 e. The number of fused-ring (bicyclic) bond motifs is 6. The Morgan fingerprint density at radius 1 is 0.286 bits per heavy atom. The Morgan fingerprint density at radius 3 is 1.55 bits per heavy atom. The van der Waals surface area contributed by atoms with Gasteiger partial charge in [0.2, 0.25) is 0 Å². The first-order valence-corrected chi connectivity index (χ1v) is 18.7. The van der Waals surface area contributed by atoms with Gasteiger partial charge in [-0.2, -0.15) is 0 Å². The van der Waals surface area contributed by atoms with E-state index in [1.165, 1.54) is 0 Å². The molecule has 0 aliphatic rings. The molecule has 0 radical (unpaired) electrons. The van der Waals surface area contributed by atoms with Gasteiger partial charge in [0.15, 0.2) is 17.5 Å². The number of nitrogens with zero attached hydrogens (tertiary/aromatic N) is 3. The third-order valence-corrected chi connectivity index (χ3v) is 10.6. The zero-order valence-electron chi connectivity index (χ0n) is 30.1. The molecule has 5 nitrogen and oxygen atoms in total. The molecule has 0 bridgehead atoms. The molecule has 0 aliphatic heterocycles. The van der Waals surface area contributed by atoms with Crippen LogP contribution < -0.4 is 0 Å². The molecule has 5 heteroatoms. The number of para-hydroxylation sites is 2. The molecule has 8 aromatic carbocycles. The van der Waals surface area contributed by atoms with Crippen molar-refractivity contribution in [3.63, 3.8) is 0 Å². The highest BCUT2D eigenvalue weighted by Gasteiger charge is 2.21. The summed E-state index contributed by atoms with van der Waals surface area (Å²) >= 11 is 0. The summed E-state index contributed by atoms with van der Waals surface area (Å²) in [5.41, 5.74) is 12.5.